The van der Waals surface area contributed by atoms with E-state index in [0.717, 1.165) is 76.3 Å². The molecular formula is C45H52BF12NO3. The highest BCUT2D eigenvalue weighted by Gasteiger charge is 2.37. The predicted molar refractivity (Wildman–Crippen MR) is 212 cm³/mol. The Morgan fingerprint density at radius 2 is 0.742 bits per heavy atom. The Balaban J connectivity index is 0.00000100. The molecule has 0 saturated heterocycles. The molecule has 4 aromatic carbocycles. The zero-order chi connectivity index (χ0) is 45.6. The zero-order valence-corrected chi connectivity index (χ0v) is 34.8. The van der Waals surface area contributed by atoms with Crippen LogP contribution in [0.3, 0.4) is 0 Å². The van der Waals surface area contributed by atoms with Crippen molar-refractivity contribution >= 4 is 13.0 Å². The van der Waals surface area contributed by atoms with Crippen molar-refractivity contribution < 1.29 is 71.5 Å². The van der Waals surface area contributed by atoms with Crippen LogP contribution in [0.5, 0.6) is 17.2 Å². The van der Waals surface area contributed by atoms with Crippen molar-refractivity contribution in [1.29, 1.82) is 0 Å². The largest absolute Gasteiger partial charge is 0.864 e. The van der Waals surface area contributed by atoms with Gasteiger partial charge in [-0.25, -0.2) is 39.5 Å². The van der Waals surface area contributed by atoms with Crippen LogP contribution in [-0.2, 0) is 0 Å². The van der Waals surface area contributed by atoms with E-state index < -0.39 is 100 Å². The van der Waals surface area contributed by atoms with Crippen molar-refractivity contribution in [1.82, 2.24) is 0 Å². The molecule has 0 heterocycles. The minimum absolute atomic E-state index is 0.303. The van der Waals surface area contributed by atoms with Crippen LogP contribution < -0.4 is 18.9 Å². The van der Waals surface area contributed by atoms with Gasteiger partial charge in [0, 0.05) is 42.0 Å². The standard InChI is InChI=1S/C39H49BF9NO3.C6H2F3/c1-3-5-7-9-11-12-13-14-15-17-19-21-50(20-18-16-10-8-6-4-2)39-34(26-33(45)37(48)38(39)49)53-40(51-27-22-29(41)35(46)30(42)23-27)52-28-24-31(43)36(47)32(44)25-28;7-4-2-1-3-5(8)6(4)9/h22-26H,3-21H2,1-2H3;2-3H/q;-1/p+1. The molecule has 1 unspecified atom stereocenters. The summed E-state index contributed by atoms with van der Waals surface area (Å²) in [6, 6.07) is 5.69. The Hall–Kier alpha value is -4.54. The van der Waals surface area contributed by atoms with Gasteiger partial charge in [-0.3, -0.25) is 13.7 Å². The van der Waals surface area contributed by atoms with Gasteiger partial charge in [0.25, 0.3) is 0 Å². The second kappa shape index (κ2) is 27.5. The van der Waals surface area contributed by atoms with E-state index >= 15 is 4.39 Å². The Bertz CT molecular complexity index is 1850. The van der Waals surface area contributed by atoms with Crippen LogP contribution in [-0.4, -0.2) is 20.4 Å². The third kappa shape index (κ3) is 17.0. The van der Waals surface area contributed by atoms with Gasteiger partial charge in [-0.05, 0) is 25.7 Å². The van der Waals surface area contributed by atoms with E-state index in [9.17, 15) is 48.3 Å². The maximum Gasteiger partial charge on any atom is 0.864 e. The number of hydrogen-bond acceptors (Lipinski definition) is 3. The summed E-state index contributed by atoms with van der Waals surface area (Å²) in [5.74, 6) is -21.4. The van der Waals surface area contributed by atoms with Crippen LogP contribution in [0, 0.1) is 75.9 Å². The van der Waals surface area contributed by atoms with Gasteiger partial charge in [0.1, 0.15) is 11.5 Å². The van der Waals surface area contributed by atoms with Crippen molar-refractivity contribution in [2.24, 2.45) is 0 Å². The van der Waals surface area contributed by atoms with Gasteiger partial charge in [0.15, 0.2) is 46.5 Å². The summed E-state index contributed by atoms with van der Waals surface area (Å²) in [6.07, 6.45) is 17.1. The highest BCUT2D eigenvalue weighted by Crippen LogP contribution is 2.31. The maximum atomic E-state index is 15.8. The van der Waals surface area contributed by atoms with E-state index in [4.69, 9.17) is 14.0 Å². The molecule has 4 rings (SSSR count). The van der Waals surface area contributed by atoms with Gasteiger partial charge in [-0.15, -0.1) is 12.1 Å². The van der Waals surface area contributed by atoms with Gasteiger partial charge in [0.2, 0.25) is 17.3 Å². The van der Waals surface area contributed by atoms with Gasteiger partial charge < -0.3 is 14.0 Å². The average Bonchev–Trinajstić information content (AvgIpc) is 3.23. The molecule has 1 atom stereocenters. The number of hydrogen-bond donors (Lipinski definition) is 1. The summed E-state index contributed by atoms with van der Waals surface area (Å²) in [5.41, 5.74) is -0.422. The number of benzene rings is 4. The minimum Gasteiger partial charge on any atom is -0.489 e. The summed E-state index contributed by atoms with van der Waals surface area (Å²) in [7, 11) is -2.32. The molecule has 0 aliphatic carbocycles. The molecule has 0 amide bonds. The summed E-state index contributed by atoms with van der Waals surface area (Å²) >= 11 is 0. The molecule has 0 saturated carbocycles. The summed E-state index contributed by atoms with van der Waals surface area (Å²) in [4.78, 5) is 0.416. The highest BCUT2D eigenvalue weighted by molar-refractivity contribution is 6.39. The van der Waals surface area contributed by atoms with Crippen LogP contribution in [0.2, 0.25) is 0 Å². The fraction of sp³-hybridized carbons (Fsp3) is 0.467. The van der Waals surface area contributed by atoms with E-state index in [1.54, 1.807) is 0 Å². The first-order valence-electron chi connectivity index (χ1n) is 21.0. The van der Waals surface area contributed by atoms with E-state index in [0.29, 0.717) is 61.2 Å². The molecule has 342 valence electrons. The quantitative estimate of drug-likeness (QED) is 0.0224. The van der Waals surface area contributed by atoms with E-state index in [-0.39, 0.29) is 0 Å². The molecule has 0 radical (unpaired) electrons. The Morgan fingerprint density at radius 3 is 1.11 bits per heavy atom. The molecule has 1 N–H and O–H groups in total. The summed E-state index contributed by atoms with van der Waals surface area (Å²) in [6.45, 7) is 4.87. The third-order valence-electron chi connectivity index (χ3n) is 9.84. The lowest BCUT2D eigenvalue weighted by molar-refractivity contribution is -0.834. The SMILES string of the molecule is CCCCCCCCCCCCC[NH+](CCCCCCCC)c1c(OB(Oc2cc(F)c(F)c(F)c2)Oc2cc(F)c(F)c(F)c2)cc(F)c(F)c1F.Fc1c[c-]cc(F)c1F. The smallest absolute Gasteiger partial charge is 0.489 e. The molecule has 17 heteroatoms. The summed E-state index contributed by atoms with van der Waals surface area (Å²) in [5, 5.41) is 0. The van der Waals surface area contributed by atoms with Crippen molar-refractivity contribution in [3.63, 3.8) is 0 Å². The normalized spacial score (nSPS) is 11.6. The molecule has 4 nitrogen and oxygen atoms in total. The lowest BCUT2D eigenvalue weighted by Crippen LogP contribution is -3.07. The van der Waals surface area contributed by atoms with Crippen molar-refractivity contribution in [3.05, 3.63) is 118 Å². The van der Waals surface area contributed by atoms with Crippen LogP contribution in [0.25, 0.3) is 0 Å². The average molecular weight is 894 g/mol. The Morgan fingerprint density at radius 1 is 0.403 bits per heavy atom. The van der Waals surface area contributed by atoms with Gasteiger partial charge >= 0.3 is 7.32 Å². The second-order valence-electron chi connectivity index (χ2n) is 14.8. The van der Waals surface area contributed by atoms with Gasteiger partial charge in [-0.2, -0.15) is 10.5 Å². The van der Waals surface area contributed by atoms with Gasteiger partial charge in [-0.1, -0.05) is 97.3 Å². The van der Waals surface area contributed by atoms with Crippen LogP contribution in [0.1, 0.15) is 123 Å². The molecule has 4 aromatic rings. The van der Waals surface area contributed by atoms with Crippen molar-refractivity contribution in [2.45, 2.75) is 123 Å². The van der Waals surface area contributed by atoms with Crippen molar-refractivity contribution in [3.8, 4) is 17.2 Å². The number of halogens is 12. The molecule has 0 spiro atoms. The van der Waals surface area contributed by atoms with E-state index in [1.165, 1.54) is 32.1 Å². The number of nitrogens with one attached hydrogen (secondary N) is 1. The molecule has 0 aliphatic heterocycles. The molecular weight excluding hydrogens is 841 g/mol. The lowest BCUT2D eigenvalue weighted by Gasteiger charge is -2.24. The highest BCUT2D eigenvalue weighted by atomic mass is 19.2. The van der Waals surface area contributed by atoms with Crippen LogP contribution in [0.4, 0.5) is 58.4 Å². The fourth-order valence-electron chi connectivity index (χ4n) is 6.52. The Labute approximate surface area is 355 Å². The van der Waals surface area contributed by atoms with Crippen LogP contribution >= 0.6 is 0 Å². The second-order valence-corrected chi connectivity index (χ2v) is 14.8. The monoisotopic (exact) mass is 893 g/mol. The molecule has 0 aromatic heterocycles. The van der Waals surface area contributed by atoms with Crippen LogP contribution in [0.15, 0.2) is 42.5 Å². The molecule has 0 fully saturated rings. The molecule has 0 aliphatic rings. The van der Waals surface area contributed by atoms with E-state index in [1.807, 2.05) is 0 Å². The zero-order valence-electron chi connectivity index (χ0n) is 34.8. The van der Waals surface area contributed by atoms with Gasteiger partial charge in [0.05, 0.1) is 18.9 Å². The summed E-state index contributed by atoms with van der Waals surface area (Å²) < 4.78 is 181. The minimum atomic E-state index is -2.32. The topological polar surface area (TPSA) is 32.1 Å². The number of rotatable bonds is 26. The first-order chi connectivity index (χ1) is 29.7. The number of unbranched alkanes of at least 4 members (excludes halogenated alkanes) is 15. The maximum absolute atomic E-state index is 15.8. The fourth-order valence-corrected chi connectivity index (χ4v) is 6.52. The first-order valence-corrected chi connectivity index (χ1v) is 21.0. The first kappa shape index (κ1) is 51.8. The molecule has 0 bridgehead atoms. The Kier molecular flexibility index (Phi) is 23.0. The predicted octanol–water partition coefficient (Wildman–Crippen LogP) is 13.6. The van der Waals surface area contributed by atoms with E-state index in [2.05, 4.69) is 19.9 Å². The molecule has 62 heavy (non-hydrogen) atoms. The number of quaternary nitrogens is 1. The third-order valence-corrected chi connectivity index (χ3v) is 9.84. The van der Waals surface area contributed by atoms with Crippen molar-refractivity contribution in [2.75, 3.05) is 13.1 Å². The lowest BCUT2D eigenvalue weighted by atomic mass is 10.1.